The predicted octanol–water partition coefficient (Wildman–Crippen LogP) is 2.88. The zero-order chi connectivity index (χ0) is 14.8. The van der Waals surface area contributed by atoms with Crippen molar-refractivity contribution in [3.05, 3.63) is 65.1 Å². The molecule has 106 valence electrons. The summed E-state index contributed by atoms with van der Waals surface area (Å²) in [6.07, 6.45) is 2.60. The number of pyridine rings is 1. The van der Waals surface area contributed by atoms with Crippen LogP contribution >= 0.6 is 0 Å². The standard InChI is InChI=1S/C17H18N4/c1-11-9-15(12(2)21-20-11)16(18)10-13-7-8-19-17-6-4-3-5-14(13)17/h3-9,16H,10,18H2,1-2H3. The highest BCUT2D eigenvalue weighted by Crippen LogP contribution is 2.23. The van der Waals surface area contributed by atoms with Gasteiger partial charge >= 0.3 is 0 Å². The van der Waals surface area contributed by atoms with Gasteiger partial charge < -0.3 is 5.73 Å². The number of nitrogens with zero attached hydrogens (tertiary/aromatic N) is 3. The Bertz CT molecular complexity index is 777. The van der Waals surface area contributed by atoms with Crippen LogP contribution in [0, 0.1) is 13.8 Å². The molecule has 1 atom stereocenters. The first-order valence-corrected chi connectivity index (χ1v) is 7.04. The zero-order valence-electron chi connectivity index (χ0n) is 12.2. The third-order valence-corrected chi connectivity index (χ3v) is 3.72. The van der Waals surface area contributed by atoms with E-state index < -0.39 is 0 Å². The number of nitrogens with two attached hydrogens (primary N) is 1. The summed E-state index contributed by atoms with van der Waals surface area (Å²) in [5, 5.41) is 9.38. The molecular weight excluding hydrogens is 260 g/mol. The van der Waals surface area contributed by atoms with Gasteiger partial charge in [0.05, 0.1) is 16.9 Å². The first kappa shape index (κ1) is 13.6. The molecule has 3 rings (SSSR count). The van der Waals surface area contributed by atoms with Crippen LogP contribution < -0.4 is 5.73 Å². The van der Waals surface area contributed by atoms with E-state index in [-0.39, 0.29) is 6.04 Å². The van der Waals surface area contributed by atoms with Gasteiger partial charge in [-0.1, -0.05) is 18.2 Å². The third kappa shape index (κ3) is 2.76. The Kier molecular flexibility index (Phi) is 3.62. The first-order valence-electron chi connectivity index (χ1n) is 7.04. The molecule has 2 N–H and O–H groups in total. The van der Waals surface area contributed by atoms with Gasteiger partial charge in [-0.2, -0.15) is 10.2 Å². The van der Waals surface area contributed by atoms with E-state index in [1.165, 1.54) is 5.56 Å². The van der Waals surface area contributed by atoms with E-state index in [1.54, 1.807) is 0 Å². The minimum Gasteiger partial charge on any atom is -0.324 e. The summed E-state index contributed by atoms with van der Waals surface area (Å²) < 4.78 is 0. The fourth-order valence-corrected chi connectivity index (χ4v) is 2.63. The number of fused-ring (bicyclic) bond motifs is 1. The molecule has 0 amide bonds. The second kappa shape index (κ2) is 5.58. The van der Waals surface area contributed by atoms with Gasteiger partial charge in [0.15, 0.2) is 0 Å². The van der Waals surface area contributed by atoms with Crippen molar-refractivity contribution < 1.29 is 0 Å². The third-order valence-electron chi connectivity index (χ3n) is 3.72. The van der Waals surface area contributed by atoms with Crippen LogP contribution in [0.25, 0.3) is 10.9 Å². The van der Waals surface area contributed by atoms with Crippen LogP contribution in [0.3, 0.4) is 0 Å². The van der Waals surface area contributed by atoms with E-state index in [4.69, 9.17) is 5.73 Å². The van der Waals surface area contributed by atoms with Gasteiger partial charge in [0.25, 0.3) is 0 Å². The summed E-state index contributed by atoms with van der Waals surface area (Å²) in [6.45, 7) is 3.89. The lowest BCUT2D eigenvalue weighted by atomic mass is 9.96. The Balaban J connectivity index is 1.96. The Morgan fingerprint density at radius 1 is 1.10 bits per heavy atom. The molecule has 21 heavy (non-hydrogen) atoms. The summed E-state index contributed by atoms with van der Waals surface area (Å²) in [7, 11) is 0. The van der Waals surface area contributed by atoms with Crippen LogP contribution in [0.15, 0.2) is 42.6 Å². The van der Waals surface area contributed by atoms with Crippen molar-refractivity contribution in [3.63, 3.8) is 0 Å². The SMILES string of the molecule is Cc1cc(C(N)Cc2ccnc3ccccc23)c(C)nn1. The molecule has 0 spiro atoms. The number of aryl methyl sites for hydroxylation is 2. The topological polar surface area (TPSA) is 64.7 Å². The molecule has 0 radical (unpaired) electrons. The first-order chi connectivity index (χ1) is 10.1. The number of hydrogen-bond donors (Lipinski definition) is 1. The minimum atomic E-state index is -0.0926. The number of rotatable bonds is 3. The van der Waals surface area contributed by atoms with Crippen molar-refractivity contribution in [2.45, 2.75) is 26.3 Å². The molecule has 4 heteroatoms. The fraction of sp³-hybridized carbons (Fsp3) is 0.235. The van der Waals surface area contributed by atoms with Crippen molar-refractivity contribution in [1.29, 1.82) is 0 Å². The van der Waals surface area contributed by atoms with Gasteiger partial charge in [-0.3, -0.25) is 4.98 Å². The maximum absolute atomic E-state index is 6.40. The number of hydrogen-bond acceptors (Lipinski definition) is 4. The van der Waals surface area contributed by atoms with Crippen LogP contribution in [-0.4, -0.2) is 15.2 Å². The molecule has 0 aliphatic rings. The molecule has 0 aliphatic heterocycles. The molecule has 0 aliphatic carbocycles. The van der Waals surface area contributed by atoms with Gasteiger partial charge in [0.2, 0.25) is 0 Å². The summed E-state index contributed by atoms with van der Waals surface area (Å²) >= 11 is 0. The van der Waals surface area contributed by atoms with Gasteiger partial charge in [-0.25, -0.2) is 0 Å². The summed E-state index contributed by atoms with van der Waals surface area (Å²) in [6, 6.07) is 12.1. The van der Waals surface area contributed by atoms with Crippen molar-refractivity contribution in [2.75, 3.05) is 0 Å². The molecule has 2 heterocycles. The summed E-state index contributed by atoms with van der Waals surface area (Å²) in [5.74, 6) is 0. The van der Waals surface area contributed by atoms with E-state index in [2.05, 4.69) is 21.2 Å². The van der Waals surface area contributed by atoms with Gasteiger partial charge in [0, 0.05) is 17.6 Å². The second-order valence-corrected chi connectivity index (χ2v) is 5.32. The van der Waals surface area contributed by atoms with Crippen LogP contribution in [0.2, 0.25) is 0 Å². The molecule has 0 fully saturated rings. The highest BCUT2D eigenvalue weighted by molar-refractivity contribution is 5.81. The molecule has 0 bridgehead atoms. The fourth-order valence-electron chi connectivity index (χ4n) is 2.63. The van der Waals surface area contributed by atoms with Crippen LogP contribution in [0.1, 0.15) is 28.6 Å². The van der Waals surface area contributed by atoms with Gasteiger partial charge in [-0.05, 0) is 49.6 Å². The van der Waals surface area contributed by atoms with E-state index >= 15 is 0 Å². The highest BCUT2D eigenvalue weighted by Gasteiger charge is 2.13. The van der Waals surface area contributed by atoms with Crippen molar-refractivity contribution >= 4 is 10.9 Å². The Morgan fingerprint density at radius 2 is 1.90 bits per heavy atom. The van der Waals surface area contributed by atoms with Gasteiger partial charge in [-0.15, -0.1) is 0 Å². The smallest absolute Gasteiger partial charge is 0.0704 e. The van der Waals surface area contributed by atoms with Crippen LogP contribution in [-0.2, 0) is 6.42 Å². The molecule has 0 saturated heterocycles. The number of benzene rings is 1. The normalized spacial score (nSPS) is 12.5. The number of para-hydroxylation sites is 1. The molecule has 1 aromatic carbocycles. The molecule has 4 nitrogen and oxygen atoms in total. The van der Waals surface area contributed by atoms with Gasteiger partial charge in [0.1, 0.15) is 0 Å². The molecular formula is C17H18N4. The van der Waals surface area contributed by atoms with E-state index in [0.29, 0.717) is 0 Å². The average molecular weight is 278 g/mol. The summed E-state index contributed by atoms with van der Waals surface area (Å²) in [5.41, 5.74) is 11.5. The van der Waals surface area contributed by atoms with E-state index in [0.717, 1.165) is 34.3 Å². The largest absolute Gasteiger partial charge is 0.324 e. The lowest BCUT2D eigenvalue weighted by molar-refractivity contribution is 0.703. The molecule has 3 aromatic rings. The Hall–Kier alpha value is -2.33. The Labute approximate surface area is 124 Å². The highest BCUT2D eigenvalue weighted by atomic mass is 15.1. The second-order valence-electron chi connectivity index (χ2n) is 5.32. The predicted molar refractivity (Wildman–Crippen MR) is 83.9 cm³/mol. The quantitative estimate of drug-likeness (QED) is 0.800. The van der Waals surface area contributed by atoms with Crippen molar-refractivity contribution in [1.82, 2.24) is 15.2 Å². The average Bonchev–Trinajstić information content (AvgIpc) is 2.50. The molecule has 2 aromatic heterocycles. The van der Waals surface area contributed by atoms with Crippen molar-refractivity contribution in [2.24, 2.45) is 5.73 Å². The number of aromatic nitrogens is 3. The molecule has 0 saturated carbocycles. The Morgan fingerprint density at radius 3 is 2.76 bits per heavy atom. The lowest BCUT2D eigenvalue weighted by Crippen LogP contribution is -2.16. The van der Waals surface area contributed by atoms with E-state index in [9.17, 15) is 0 Å². The van der Waals surface area contributed by atoms with Crippen LogP contribution in [0.4, 0.5) is 0 Å². The summed E-state index contributed by atoms with van der Waals surface area (Å²) in [4.78, 5) is 4.39. The maximum atomic E-state index is 6.40. The molecule has 1 unspecified atom stereocenters. The lowest BCUT2D eigenvalue weighted by Gasteiger charge is -2.15. The monoisotopic (exact) mass is 278 g/mol. The minimum absolute atomic E-state index is 0.0926. The maximum Gasteiger partial charge on any atom is 0.0704 e. The zero-order valence-corrected chi connectivity index (χ0v) is 12.2. The van der Waals surface area contributed by atoms with Crippen LogP contribution in [0.5, 0.6) is 0 Å². The van der Waals surface area contributed by atoms with Crippen molar-refractivity contribution in [3.8, 4) is 0 Å². The van der Waals surface area contributed by atoms with E-state index in [1.807, 2.05) is 50.4 Å².